The second kappa shape index (κ2) is 9.84. The Morgan fingerprint density at radius 3 is 2.38 bits per heavy atom. The minimum Gasteiger partial charge on any atom is -0.393 e. The van der Waals surface area contributed by atoms with Crippen LogP contribution in [0.5, 0.6) is 0 Å². The van der Waals surface area contributed by atoms with Crippen molar-refractivity contribution in [2.45, 2.75) is 38.1 Å². The van der Waals surface area contributed by atoms with Gasteiger partial charge in [-0.15, -0.1) is 0 Å². The lowest BCUT2D eigenvalue weighted by Crippen LogP contribution is -2.36. The normalized spacial score (nSPS) is 18.3. The fraction of sp³-hybridized carbons (Fsp3) is 0.346. The van der Waals surface area contributed by atoms with E-state index < -0.39 is 23.9 Å². The van der Waals surface area contributed by atoms with Crippen LogP contribution in [0.1, 0.15) is 41.0 Å². The van der Waals surface area contributed by atoms with E-state index in [0.717, 1.165) is 23.5 Å². The van der Waals surface area contributed by atoms with Gasteiger partial charge in [-0.1, -0.05) is 60.5 Å². The molecule has 1 fully saturated rings. The first-order chi connectivity index (χ1) is 16.1. The first kappa shape index (κ1) is 24.4. The summed E-state index contributed by atoms with van der Waals surface area (Å²) in [5.74, 6) is -0.608. The lowest BCUT2D eigenvalue weighted by molar-refractivity contribution is -0.143. The van der Waals surface area contributed by atoms with E-state index in [1.807, 2.05) is 0 Å². The summed E-state index contributed by atoms with van der Waals surface area (Å²) in [6, 6.07) is 16.2. The van der Waals surface area contributed by atoms with Crippen LogP contribution in [0.25, 0.3) is 11.1 Å². The number of aliphatic hydroxyl groups excluding tert-OH is 1. The molecule has 1 N–H and O–H groups in total. The molecule has 1 amide bonds. The van der Waals surface area contributed by atoms with Gasteiger partial charge in [-0.25, -0.2) is 0 Å². The molecular formula is C26H26ClF3N2O2. The van der Waals surface area contributed by atoms with Crippen molar-refractivity contribution in [3.63, 3.8) is 0 Å². The van der Waals surface area contributed by atoms with E-state index in [1.54, 1.807) is 61.6 Å². The number of amides is 1. The van der Waals surface area contributed by atoms with Crippen LogP contribution in [0.3, 0.4) is 0 Å². The number of rotatable bonds is 6. The highest BCUT2D eigenvalue weighted by Crippen LogP contribution is 2.38. The van der Waals surface area contributed by atoms with E-state index in [2.05, 4.69) is 0 Å². The number of alkyl halides is 3. The smallest absolute Gasteiger partial charge is 0.393 e. The molecule has 8 heteroatoms. The lowest BCUT2D eigenvalue weighted by Gasteiger charge is -2.25. The van der Waals surface area contributed by atoms with E-state index in [0.29, 0.717) is 22.6 Å². The molecule has 4 nitrogen and oxygen atoms in total. The largest absolute Gasteiger partial charge is 0.431 e. The molecule has 0 aliphatic heterocycles. The number of benzene rings is 2. The summed E-state index contributed by atoms with van der Waals surface area (Å²) in [5, 5.41) is 10.7. The maximum absolute atomic E-state index is 14.2. The Bertz CT molecular complexity index is 1140. The monoisotopic (exact) mass is 490 g/mol. The Balaban J connectivity index is 1.84. The minimum absolute atomic E-state index is 0.0338. The van der Waals surface area contributed by atoms with E-state index in [4.69, 9.17) is 11.6 Å². The summed E-state index contributed by atoms with van der Waals surface area (Å²) in [4.78, 5) is 15.1. The van der Waals surface area contributed by atoms with Crippen molar-refractivity contribution in [3.05, 3.63) is 82.6 Å². The molecule has 0 unspecified atom stereocenters. The Morgan fingerprint density at radius 2 is 1.79 bits per heavy atom. The van der Waals surface area contributed by atoms with Crippen LogP contribution >= 0.6 is 11.6 Å². The summed E-state index contributed by atoms with van der Waals surface area (Å²) in [6.07, 6.45) is -2.85. The summed E-state index contributed by atoms with van der Waals surface area (Å²) in [7, 11) is 1.58. The number of nitrogens with zero attached hydrogens (tertiary/aromatic N) is 2. The average Bonchev–Trinajstić information content (AvgIpc) is 3.38. The van der Waals surface area contributed by atoms with Gasteiger partial charge in [-0.05, 0) is 42.2 Å². The van der Waals surface area contributed by atoms with Gasteiger partial charge in [0.1, 0.15) is 11.4 Å². The molecule has 1 aliphatic carbocycles. The van der Waals surface area contributed by atoms with Crippen LogP contribution < -0.4 is 0 Å². The van der Waals surface area contributed by atoms with E-state index in [-0.39, 0.29) is 30.3 Å². The van der Waals surface area contributed by atoms with Crippen LogP contribution in [0.4, 0.5) is 13.2 Å². The Kier molecular flexibility index (Phi) is 7.05. The molecule has 34 heavy (non-hydrogen) atoms. The fourth-order valence-electron chi connectivity index (χ4n) is 4.64. The maximum Gasteiger partial charge on any atom is 0.431 e. The van der Waals surface area contributed by atoms with Crippen LogP contribution in [-0.2, 0) is 12.7 Å². The molecule has 180 valence electrons. The second-order valence-electron chi connectivity index (χ2n) is 8.81. The summed E-state index contributed by atoms with van der Waals surface area (Å²) in [6.45, 7) is 0.169. The van der Waals surface area contributed by atoms with E-state index >= 15 is 0 Å². The Labute approximate surface area is 201 Å². The van der Waals surface area contributed by atoms with Crippen LogP contribution in [-0.4, -0.2) is 40.2 Å². The van der Waals surface area contributed by atoms with Gasteiger partial charge in [-0.2, -0.15) is 13.2 Å². The minimum atomic E-state index is -4.66. The first-order valence-corrected chi connectivity index (χ1v) is 11.6. The molecule has 2 aromatic carbocycles. The highest BCUT2D eigenvalue weighted by atomic mass is 35.5. The van der Waals surface area contributed by atoms with Crippen molar-refractivity contribution in [1.82, 2.24) is 9.47 Å². The fourth-order valence-corrected chi connectivity index (χ4v) is 4.77. The van der Waals surface area contributed by atoms with Gasteiger partial charge in [0.25, 0.3) is 5.91 Å². The molecule has 0 saturated heterocycles. The van der Waals surface area contributed by atoms with Crippen molar-refractivity contribution in [1.29, 1.82) is 0 Å². The third kappa shape index (κ3) is 5.15. The highest BCUT2D eigenvalue weighted by molar-refractivity contribution is 6.30. The molecule has 2 atom stereocenters. The Morgan fingerprint density at radius 1 is 1.12 bits per heavy atom. The van der Waals surface area contributed by atoms with Gasteiger partial charge in [-0.3, -0.25) is 4.79 Å². The zero-order valence-corrected chi connectivity index (χ0v) is 19.5. The van der Waals surface area contributed by atoms with Gasteiger partial charge in [0.15, 0.2) is 0 Å². The molecule has 3 aromatic rings. The van der Waals surface area contributed by atoms with Crippen LogP contribution in [0.15, 0.2) is 60.7 Å². The zero-order chi connectivity index (χ0) is 24.5. The van der Waals surface area contributed by atoms with Crippen molar-refractivity contribution < 1.29 is 23.1 Å². The standard InChI is InChI=1S/C26H26ClF3N2O2/c1-31(16-19-8-5-9-22(19)33)25(34)24-21(18-10-12-20(27)13-11-18)14-23(26(28,29)30)32(24)15-17-6-3-2-4-7-17/h2-4,6-7,10-14,19,22,33H,5,8-9,15-16H2,1H3/t19-,22+/m0/s1. The third-order valence-electron chi connectivity index (χ3n) is 6.40. The highest BCUT2D eigenvalue weighted by Gasteiger charge is 2.39. The molecule has 0 spiro atoms. The quantitative estimate of drug-likeness (QED) is 0.453. The zero-order valence-electron chi connectivity index (χ0n) is 18.7. The SMILES string of the molecule is CN(C[C@@H]1CCC[C@H]1O)C(=O)c1c(-c2ccc(Cl)cc2)cc(C(F)(F)F)n1Cc1ccccc1. The number of hydrogen-bond acceptors (Lipinski definition) is 2. The van der Waals surface area contributed by atoms with E-state index in [9.17, 15) is 23.1 Å². The van der Waals surface area contributed by atoms with Crippen molar-refractivity contribution >= 4 is 17.5 Å². The number of hydrogen-bond donors (Lipinski definition) is 1. The van der Waals surface area contributed by atoms with Gasteiger partial charge in [0.05, 0.1) is 6.10 Å². The number of aliphatic hydroxyl groups is 1. The number of halogens is 4. The van der Waals surface area contributed by atoms with Gasteiger partial charge in [0.2, 0.25) is 0 Å². The molecule has 1 aromatic heterocycles. The predicted molar refractivity (Wildman–Crippen MR) is 126 cm³/mol. The average molecular weight is 491 g/mol. The van der Waals surface area contributed by atoms with Crippen molar-refractivity contribution in [2.24, 2.45) is 5.92 Å². The predicted octanol–water partition coefficient (Wildman–Crippen LogP) is 6.11. The summed E-state index contributed by atoms with van der Waals surface area (Å²) in [5.41, 5.74) is 0.393. The van der Waals surface area contributed by atoms with E-state index in [1.165, 1.54) is 4.90 Å². The molecule has 0 bridgehead atoms. The number of aromatic nitrogens is 1. The molecule has 1 aliphatic rings. The molecule has 0 radical (unpaired) electrons. The lowest BCUT2D eigenvalue weighted by atomic mass is 10.0. The first-order valence-electron chi connectivity index (χ1n) is 11.2. The van der Waals surface area contributed by atoms with Crippen LogP contribution in [0, 0.1) is 5.92 Å². The molecule has 1 saturated carbocycles. The summed E-state index contributed by atoms with van der Waals surface area (Å²) >= 11 is 5.99. The van der Waals surface area contributed by atoms with Crippen molar-refractivity contribution in [3.8, 4) is 11.1 Å². The number of carbonyl (C=O) groups excluding carboxylic acids is 1. The number of carbonyl (C=O) groups is 1. The third-order valence-corrected chi connectivity index (χ3v) is 6.65. The van der Waals surface area contributed by atoms with Gasteiger partial charge < -0.3 is 14.6 Å². The van der Waals surface area contributed by atoms with Crippen LogP contribution in [0.2, 0.25) is 5.02 Å². The topological polar surface area (TPSA) is 45.5 Å². The van der Waals surface area contributed by atoms with Gasteiger partial charge >= 0.3 is 6.18 Å². The maximum atomic E-state index is 14.2. The molecule has 1 heterocycles. The molecular weight excluding hydrogens is 465 g/mol. The van der Waals surface area contributed by atoms with Gasteiger partial charge in [0, 0.05) is 36.6 Å². The molecule has 4 rings (SSSR count). The Hall–Kier alpha value is -2.77. The second-order valence-corrected chi connectivity index (χ2v) is 9.25. The van der Waals surface area contributed by atoms with Crippen molar-refractivity contribution in [2.75, 3.05) is 13.6 Å². The summed E-state index contributed by atoms with van der Waals surface area (Å²) < 4.78 is 43.6.